The van der Waals surface area contributed by atoms with E-state index in [1.807, 2.05) is 56.3 Å². The molecule has 0 aliphatic heterocycles. The molecule has 1 amide bonds. The maximum atomic E-state index is 12.2. The van der Waals surface area contributed by atoms with Gasteiger partial charge in [0.15, 0.2) is 12.4 Å². The number of nitrogens with one attached hydrogen (secondary N) is 1. The van der Waals surface area contributed by atoms with Crippen molar-refractivity contribution in [1.29, 1.82) is 0 Å². The molecule has 0 unspecified atom stereocenters. The van der Waals surface area contributed by atoms with Crippen LogP contribution in [-0.4, -0.2) is 30.8 Å². The Morgan fingerprint density at radius 2 is 1.52 bits per heavy atom. The number of Topliss-reactive ketones (excluding diaryl/α,β-unsaturated/α-hetero) is 1. The predicted molar refractivity (Wildman–Crippen MR) is 104 cm³/mol. The number of benzene rings is 2. The van der Waals surface area contributed by atoms with Gasteiger partial charge < -0.3 is 10.1 Å². The van der Waals surface area contributed by atoms with Gasteiger partial charge in [-0.2, -0.15) is 0 Å². The molecule has 5 nitrogen and oxygen atoms in total. The Morgan fingerprint density at radius 1 is 0.889 bits per heavy atom. The highest BCUT2D eigenvalue weighted by Gasteiger charge is 2.12. The average molecular weight is 367 g/mol. The monoisotopic (exact) mass is 367 g/mol. The van der Waals surface area contributed by atoms with Crippen molar-refractivity contribution in [2.45, 2.75) is 26.7 Å². The third-order valence-electron chi connectivity index (χ3n) is 3.94. The molecule has 0 radical (unpaired) electrons. The zero-order valence-corrected chi connectivity index (χ0v) is 15.7. The minimum atomic E-state index is -0.552. The molecule has 2 aromatic rings. The second kappa shape index (κ2) is 10.3. The first-order valence-electron chi connectivity index (χ1n) is 9.06. The van der Waals surface area contributed by atoms with Crippen molar-refractivity contribution in [3.63, 3.8) is 0 Å². The molecule has 0 atom stereocenters. The normalized spacial score (nSPS) is 10.5. The number of ketones is 1. The zero-order chi connectivity index (χ0) is 19.6. The van der Waals surface area contributed by atoms with Crippen LogP contribution >= 0.6 is 0 Å². The summed E-state index contributed by atoms with van der Waals surface area (Å²) >= 11 is 0. The summed E-state index contributed by atoms with van der Waals surface area (Å²) in [6.45, 7) is 4.17. The van der Waals surface area contributed by atoms with Gasteiger partial charge in [0.1, 0.15) is 0 Å². The number of ether oxygens (including phenoxy) is 1. The fourth-order valence-electron chi connectivity index (χ4n) is 2.43. The van der Waals surface area contributed by atoms with Gasteiger partial charge in [0, 0.05) is 18.5 Å². The Morgan fingerprint density at radius 3 is 2.15 bits per heavy atom. The van der Waals surface area contributed by atoms with E-state index in [-0.39, 0.29) is 31.1 Å². The van der Waals surface area contributed by atoms with Crippen LogP contribution < -0.4 is 5.32 Å². The fraction of sp³-hybridized carbons (Fsp3) is 0.318. The van der Waals surface area contributed by atoms with Crippen molar-refractivity contribution in [3.8, 4) is 11.1 Å². The molecule has 0 heterocycles. The summed E-state index contributed by atoms with van der Waals surface area (Å²) in [7, 11) is 0. The Kier molecular flexibility index (Phi) is 7.74. The number of hydrogen-bond donors (Lipinski definition) is 1. The molecule has 2 rings (SSSR count). The molecule has 0 aromatic heterocycles. The van der Waals surface area contributed by atoms with Gasteiger partial charge in [0.25, 0.3) is 5.91 Å². The smallest absolute Gasteiger partial charge is 0.306 e. The second-order valence-corrected chi connectivity index (χ2v) is 6.73. The van der Waals surface area contributed by atoms with Gasteiger partial charge in [-0.05, 0) is 17.0 Å². The quantitative estimate of drug-likeness (QED) is 0.543. The molecule has 27 heavy (non-hydrogen) atoms. The van der Waals surface area contributed by atoms with Crippen molar-refractivity contribution in [2.75, 3.05) is 13.2 Å². The first-order valence-corrected chi connectivity index (χ1v) is 9.06. The largest absolute Gasteiger partial charge is 0.456 e. The van der Waals surface area contributed by atoms with Crippen LogP contribution in [0.5, 0.6) is 0 Å². The zero-order valence-electron chi connectivity index (χ0n) is 15.7. The van der Waals surface area contributed by atoms with E-state index in [9.17, 15) is 14.4 Å². The highest BCUT2D eigenvalue weighted by Crippen LogP contribution is 2.19. The van der Waals surface area contributed by atoms with Crippen LogP contribution in [-0.2, 0) is 14.3 Å². The maximum absolute atomic E-state index is 12.2. The van der Waals surface area contributed by atoms with Gasteiger partial charge in [0.05, 0.1) is 6.42 Å². The summed E-state index contributed by atoms with van der Waals surface area (Å²) in [6.07, 6.45) is 0.00780. The third-order valence-corrected chi connectivity index (χ3v) is 3.94. The first kappa shape index (κ1) is 20.4. The number of esters is 1. The van der Waals surface area contributed by atoms with E-state index in [1.54, 1.807) is 12.1 Å². The molecule has 2 aromatic carbocycles. The summed E-state index contributed by atoms with van der Waals surface area (Å²) in [5, 5.41) is 2.66. The van der Waals surface area contributed by atoms with Crippen LogP contribution in [0.3, 0.4) is 0 Å². The molecular weight excluding hydrogens is 342 g/mol. The molecule has 1 N–H and O–H groups in total. The van der Waals surface area contributed by atoms with Crippen LogP contribution in [0.4, 0.5) is 0 Å². The number of carbonyl (C=O) groups is 3. The minimum absolute atomic E-state index is 0.0449. The van der Waals surface area contributed by atoms with Crippen molar-refractivity contribution in [2.24, 2.45) is 5.92 Å². The summed E-state index contributed by atoms with van der Waals surface area (Å²) < 4.78 is 4.90. The SMILES string of the molecule is CC(C)CNC(=O)COC(=O)CCC(=O)c1ccc(-c2ccccc2)cc1. The fourth-order valence-corrected chi connectivity index (χ4v) is 2.43. The predicted octanol–water partition coefficient (Wildman–Crippen LogP) is 3.63. The lowest BCUT2D eigenvalue weighted by Gasteiger charge is -2.08. The van der Waals surface area contributed by atoms with Crippen LogP contribution in [0, 0.1) is 5.92 Å². The Hall–Kier alpha value is -2.95. The maximum Gasteiger partial charge on any atom is 0.306 e. The van der Waals surface area contributed by atoms with Gasteiger partial charge in [0.2, 0.25) is 0 Å². The van der Waals surface area contributed by atoms with E-state index in [4.69, 9.17) is 4.74 Å². The lowest BCUT2D eigenvalue weighted by Crippen LogP contribution is -2.31. The van der Waals surface area contributed by atoms with Gasteiger partial charge in [-0.3, -0.25) is 14.4 Å². The molecule has 142 valence electrons. The summed E-state index contributed by atoms with van der Waals surface area (Å²) in [5.41, 5.74) is 2.66. The molecular formula is C22H25NO4. The molecule has 0 bridgehead atoms. The van der Waals surface area contributed by atoms with Crippen molar-refractivity contribution < 1.29 is 19.1 Å². The number of hydrogen-bond acceptors (Lipinski definition) is 4. The second-order valence-electron chi connectivity index (χ2n) is 6.73. The summed E-state index contributed by atoms with van der Waals surface area (Å²) in [4.78, 5) is 35.4. The standard InChI is InChI=1S/C22H25NO4/c1-16(2)14-23-21(25)15-27-22(26)13-12-20(24)19-10-8-18(9-11-19)17-6-4-3-5-7-17/h3-11,16H,12-15H2,1-2H3,(H,23,25). The van der Waals surface area contributed by atoms with E-state index < -0.39 is 5.97 Å². The highest BCUT2D eigenvalue weighted by molar-refractivity contribution is 5.98. The molecule has 0 spiro atoms. The number of rotatable bonds is 9. The Balaban J connectivity index is 1.76. The van der Waals surface area contributed by atoms with Crippen molar-refractivity contribution in [1.82, 2.24) is 5.32 Å². The van der Waals surface area contributed by atoms with Crippen LogP contribution in [0.2, 0.25) is 0 Å². The van der Waals surface area contributed by atoms with E-state index in [2.05, 4.69) is 5.32 Å². The Labute approximate surface area is 159 Å². The van der Waals surface area contributed by atoms with Gasteiger partial charge in [-0.1, -0.05) is 68.4 Å². The minimum Gasteiger partial charge on any atom is -0.456 e. The molecule has 0 aliphatic rings. The topological polar surface area (TPSA) is 72.5 Å². The molecule has 0 saturated carbocycles. The van der Waals surface area contributed by atoms with E-state index >= 15 is 0 Å². The number of carbonyl (C=O) groups excluding carboxylic acids is 3. The highest BCUT2D eigenvalue weighted by atomic mass is 16.5. The first-order chi connectivity index (χ1) is 13.0. The Bertz CT molecular complexity index is 767. The van der Waals surface area contributed by atoms with Crippen LogP contribution in [0.1, 0.15) is 37.0 Å². The number of amides is 1. The molecule has 0 fully saturated rings. The van der Waals surface area contributed by atoms with E-state index in [1.165, 1.54) is 0 Å². The summed E-state index contributed by atoms with van der Waals surface area (Å²) in [5.74, 6) is -0.685. The molecule has 5 heteroatoms. The van der Waals surface area contributed by atoms with E-state index in [0.717, 1.165) is 11.1 Å². The van der Waals surface area contributed by atoms with Crippen molar-refractivity contribution in [3.05, 3.63) is 60.2 Å². The average Bonchev–Trinajstić information content (AvgIpc) is 2.69. The molecule has 0 aliphatic carbocycles. The lowest BCUT2D eigenvalue weighted by atomic mass is 10.0. The van der Waals surface area contributed by atoms with Crippen molar-refractivity contribution >= 4 is 17.7 Å². The van der Waals surface area contributed by atoms with Gasteiger partial charge >= 0.3 is 5.97 Å². The van der Waals surface area contributed by atoms with Crippen LogP contribution in [0.25, 0.3) is 11.1 Å². The lowest BCUT2D eigenvalue weighted by molar-refractivity contribution is -0.148. The van der Waals surface area contributed by atoms with Gasteiger partial charge in [-0.15, -0.1) is 0 Å². The van der Waals surface area contributed by atoms with Gasteiger partial charge in [-0.25, -0.2) is 0 Å². The third kappa shape index (κ3) is 7.05. The van der Waals surface area contributed by atoms with E-state index in [0.29, 0.717) is 18.0 Å². The van der Waals surface area contributed by atoms with Crippen LogP contribution in [0.15, 0.2) is 54.6 Å². The molecule has 0 saturated heterocycles. The summed E-state index contributed by atoms with van der Waals surface area (Å²) in [6, 6.07) is 17.2.